The molecule has 1 fully saturated rings. The van der Waals surface area contributed by atoms with Gasteiger partial charge >= 0.3 is 0 Å². The molecule has 1 atom stereocenters. The monoisotopic (exact) mass is 400 g/mol. The van der Waals surface area contributed by atoms with Crippen LogP contribution in [0.25, 0.3) is 0 Å². The van der Waals surface area contributed by atoms with Crippen LogP contribution < -0.4 is 21.5 Å². The van der Waals surface area contributed by atoms with Crippen molar-refractivity contribution in [2.24, 2.45) is 0 Å². The third-order valence-corrected chi connectivity index (χ3v) is 4.86. The second-order valence-corrected chi connectivity index (χ2v) is 7.17. The van der Waals surface area contributed by atoms with Crippen LogP contribution in [-0.2, 0) is 11.2 Å². The quantitative estimate of drug-likeness (QED) is 0.438. The number of thiocarbonyl (C=S) groups is 1. The van der Waals surface area contributed by atoms with Gasteiger partial charge in [-0.25, -0.2) is 0 Å². The summed E-state index contributed by atoms with van der Waals surface area (Å²) in [6.07, 6.45) is 6.27. The first-order chi connectivity index (χ1) is 13.6. The Morgan fingerprint density at radius 1 is 1.07 bits per heavy atom. The molecular weight excluding hydrogens is 376 g/mol. The number of hydrogen-bond acceptors (Lipinski definition) is 4. The maximum atomic E-state index is 12.7. The minimum absolute atomic E-state index is 0.150. The van der Waals surface area contributed by atoms with Crippen molar-refractivity contribution in [3.05, 3.63) is 60.1 Å². The Hall–Kier alpha value is -2.87. The van der Waals surface area contributed by atoms with E-state index < -0.39 is 11.9 Å². The molecule has 0 spiro atoms. The van der Waals surface area contributed by atoms with Crippen molar-refractivity contribution in [2.75, 3.05) is 0 Å². The summed E-state index contributed by atoms with van der Waals surface area (Å²) in [4.78, 5) is 25.0. The lowest BCUT2D eigenvalue weighted by molar-refractivity contribution is -0.123. The summed E-state index contributed by atoms with van der Waals surface area (Å²) in [6.45, 7) is 0. The van der Waals surface area contributed by atoms with Crippen molar-refractivity contribution < 1.29 is 14.0 Å². The Kier molecular flexibility index (Phi) is 7.02. The summed E-state index contributed by atoms with van der Waals surface area (Å²) < 4.78 is 5.11. The molecule has 7 nitrogen and oxygen atoms in total. The van der Waals surface area contributed by atoms with Crippen LogP contribution in [0.4, 0.5) is 0 Å². The van der Waals surface area contributed by atoms with Crippen LogP contribution in [0.15, 0.2) is 53.1 Å². The highest BCUT2D eigenvalue weighted by molar-refractivity contribution is 7.80. The van der Waals surface area contributed by atoms with Crippen molar-refractivity contribution in [1.82, 2.24) is 21.5 Å². The van der Waals surface area contributed by atoms with Crippen molar-refractivity contribution in [3.63, 3.8) is 0 Å². The lowest BCUT2D eigenvalue weighted by Gasteiger charge is -2.20. The van der Waals surface area contributed by atoms with E-state index in [-0.39, 0.29) is 11.7 Å². The standard InChI is InChI=1S/C20H24N4O3S/c25-18(23-24-20(28)21-15-9-4-5-10-15)16(13-14-7-2-1-3-8-14)22-19(26)17-11-6-12-27-17/h1-3,6-8,11-12,15-16H,4-5,9-10,13H2,(H,22,26)(H,23,25)(H2,21,24,28)/t16-/m0/s1. The van der Waals surface area contributed by atoms with Crippen LogP contribution in [0, 0.1) is 0 Å². The highest BCUT2D eigenvalue weighted by Gasteiger charge is 2.23. The predicted octanol–water partition coefficient (Wildman–Crippen LogP) is 2.06. The van der Waals surface area contributed by atoms with E-state index in [1.54, 1.807) is 12.1 Å². The molecule has 1 heterocycles. The molecule has 2 aromatic rings. The Balaban J connectivity index is 1.58. The normalized spacial score (nSPS) is 14.9. The third-order valence-electron chi connectivity index (χ3n) is 4.64. The zero-order chi connectivity index (χ0) is 19.8. The highest BCUT2D eigenvalue weighted by Crippen LogP contribution is 2.17. The van der Waals surface area contributed by atoms with Crippen LogP contribution in [0.2, 0.25) is 0 Å². The molecule has 1 saturated carbocycles. The second-order valence-electron chi connectivity index (χ2n) is 6.76. The van der Waals surface area contributed by atoms with E-state index in [9.17, 15) is 9.59 Å². The largest absolute Gasteiger partial charge is 0.459 e. The molecule has 3 rings (SSSR count). The molecular formula is C20H24N4O3S. The average molecular weight is 401 g/mol. The molecule has 4 N–H and O–H groups in total. The van der Waals surface area contributed by atoms with E-state index in [1.807, 2.05) is 30.3 Å². The van der Waals surface area contributed by atoms with Gasteiger partial charge in [0.15, 0.2) is 10.9 Å². The number of hydrogen-bond donors (Lipinski definition) is 4. The molecule has 1 aliphatic rings. The fourth-order valence-corrected chi connectivity index (χ4v) is 3.41. The molecule has 0 aliphatic heterocycles. The van der Waals surface area contributed by atoms with Gasteiger partial charge in [0, 0.05) is 12.5 Å². The van der Waals surface area contributed by atoms with Crippen LogP contribution in [-0.4, -0.2) is 29.0 Å². The lowest BCUT2D eigenvalue weighted by Crippen LogP contribution is -2.55. The summed E-state index contributed by atoms with van der Waals surface area (Å²) in [5, 5.41) is 6.28. The average Bonchev–Trinajstić information content (AvgIpc) is 3.40. The van der Waals surface area contributed by atoms with Gasteiger partial charge in [-0.15, -0.1) is 0 Å². The van der Waals surface area contributed by atoms with Gasteiger partial charge in [-0.1, -0.05) is 43.2 Å². The Labute approximate surface area is 169 Å². The Bertz CT molecular complexity index is 789. The summed E-state index contributed by atoms with van der Waals surface area (Å²) in [5.74, 6) is -0.690. The fourth-order valence-electron chi connectivity index (χ4n) is 3.19. The summed E-state index contributed by atoms with van der Waals surface area (Å²) in [6, 6.07) is 12.2. The van der Waals surface area contributed by atoms with E-state index in [2.05, 4.69) is 21.5 Å². The van der Waals surface area contributed by atoms with E-state index >= 15 is 0 Å². The van der Waals surface area contributed by atoms with Crippen LogP contribution in [0.1, 0.15) is 41.8 Å². The molecule has 148 valence electrons. The van der Waals surface area contributed by atoms with Crippen molar-refractivity contribution >= 4 is 29.1 Å². The van der Waals surface area contributed by atoms with Gasteiger partial charge in [0.1, 0.15) is 6.04 Å². The molecule has 28 heavy (non-hydrogen) atoms. The van der Waals surface area contributed by atoms with Gasteiger partial charge in [0.25, 0.3) is 11.8 Å². The summed E-state index contributed by atoms with van der Waals surface area (Å²) in [7, 11) is 0. The number of amides is 2. The van der Waals surface area contributed by atoms with Gasteiger partial charge in [0.05, 0.1) is 6.26 Å². The van der Waals surface area contributed by atoms with Gasteiger partial charge in [0.2, 0.25) is 0 Å². The molecule has 0 unspecified atom stereocenters. The number of benzene rings is 1. The Morgan fingerprint density at radius 3 is 2.50 bits per heavy atom. The molecule has 1 aromatic carbocycles. The molecule has 0 saturated heterocycles. The molecule has 2 amide bonds. The van der Waals surface area contributed by atoms with Gasteiger partial charge < -0.3 is 15.1 Å². The minimum atomic E-state index is -0.790. The molecule has 8 heteroatoms. The van der Waals surface area contributed by atoms with E-state index in [0.29, 0.717) is 17.6 Å². The van der Waals surface area contributed by atoms with Crippen molar-refractivity contribution in [1.29, 1.82) is 0 Å². The van der Waals surface area contributed by atoms with Gasteiger partial charge in [-0.3, -0.25) is 20.4 Å². The van der Waals surface area contributed by atoms with Crippen LogP contribution in [0.3, 0.4) is 0 Å². The molecule has 1 aromatic heterocycles. The van der Waals surface area contributed by atoms with Gasteiger partial charge in [-0.2, -0.15) is 0 Å². The van der Waals surface area contributed by atoms with Crippen molar-refractivity contribution in [3.8, 4) is 0 Å². The maximum Gasteiger partial charge on any atom is 0.287 e. The van der Waals surface area contributed by atoms with Crippen molar-refractivity contribution in [2.45, 2.75) is 44.2 Å². The number of carbonyl (C=O) groups excluding carboxylic acids is 2. The second kappa shape index (κ2) is 9.89. The zero-order valence-electron chi connectivity index (χ0n) is 15.4. The highest BCUT2D eigenvalue weighted by atomic mass is 32.1. The first-order valence-corrected chi connectivity index (χ1v) is 9.77. The fraction of sp³-hybridized carbons (Fsp3) is 0.350. The number of rotatable bonds is 6. The molecule has 0 radical (unpaired) electrons. The van der Waals surface area contributed by atoms with E-state index in [4.69, 9.17) is 16.6 Å². The number of carbonyl (C=O) groups is 2. The van der Waals surface area contributed by atoms with Crippen LogP contribution in [0.5, 0.6) is 0 Å². The summed E-state index contributed by atoms with van der Waals surface area (Å²) >= 11 is 5.24. The number of nitrogens with one attached hydrogen (secondary N) is 4. The SMILES string of the molecule is O=C(N[C@@H](Cc1ccccc1)C(=O)NNC(=S)NC1CCCC1)c1ccco1. The topological polar surface area (TPSA) is 95.4 Å². The van der Waals surface area contributed by atoms with E-state index in [0.717, 1.165) is 18.4 Å². The molecule has 1 aliphatic carbocycles. The van der Waals surface area contributed by atoms with Crippen LogP contribution >= 0.6 is 12.2 Å². The van der Waals surface area contributed by atoms with E-state index in [1.165, 1.54) is 19.1 Å². The maximum absolute atomic E-state index is 12.7. The third kappa shape index (κ3) is 5.82. The zero-order valence-corrected chi connectivity index (χ0v) is 16.3. The predicted molar refractivity (Wildman–Crippen MR) is 109 cm³/mol. The van der Waals surface area contributed by atoms with Gasteiger partial charge in [-0.05, 0) is 42.8 Å². The first kappa shape index (κ1) is 19.9. The number of furan rings is 1. The number of hydrazine groups is 1. The molecule has 0 bridgehead atoms. The Morgan fingerprint density at radius 2 is 1.82 bits per heavy atom. The first-order valence-electron chi connectivity index (χ1n) is 9.36. The lowest BCUT2D eigenvalue weighted by atomic mass is 10.1. The smallest absolute Gasteiger partial charge is 0.287 e. The summed E-state index contributed by atoms with van der Waals surface area (Å²) in [5.41, 5.74) is 6.24. The minimum Gasteiger partial charge on any atom is -0.459 e.